The van der Waals surface area contributed by atoms with Gasteiger partial charge in [-0.25, -0.2) is 4.79 Å². The molecule has 0 aromatic carbocycles. The van der Waals surface area contributed by atoms with E-state index < -0.39 is 11.7 Å². The van der Waals surface area contributed by atoms with Crippen molar-refractivity contribution in [1.29, 1.82) is 0 Å². The zero-order chi connectivity index (χ0) is 12.9. The van der Waals surface area contributed by atoms with E-state index in [1.54, 1.807) is 34.7 Å². The molecule has 0 radical (unpaired) electrons. The summed E-state index contributed by atoms with van der Waals surface area (Å²) in [5.41, 5.74) is -0.547. The molecule has 1 amide bonds. The second-order valence-electron chi connectivity index (χ2n) is 4.79. The van der Waals surface area contributed by atoms with Gasteiger partial charge in [-0.2, -0.15) is 0 Å². The summed E-state index contributed by atoms with van der Waals surface area (Å²) in [6.45, 7) is 6.95. The van der Waals surface area contributed by atoms with Crippen LogP contribution >= 0.6 is 0 Å². The summed E-state index contributed by atoms with van der Waals surface area (Å²) < 4.78 is 5.14. The molecule has 6 nitrogen and oxygen atoms in total. The van der Waals surface area contributed by atoms with Crippen molar-refractivity contribution in [2.75, 3.05) is 13.6 Å². The van der Waals surface area contributed by atoms with E-state index in [-0.39, 0.29) is 17.5 Å². The lowest BCUT2D eigenvalue weighted by molar-refractivity contribution is -0.481. The Balaban J connectivity index is 4.16. The van der Waals surface area contributed by atoms with Crippen LogP contribution in [-0.4, -0.2) is 41.2 Å². The third-order valence-corrected chi connectivity index (χ3v) is 2.07. The first-order chi connectivity index (χ1) is 7.13. The largest absolute Gasteiger partial charge is 0.444 e. The van der Waals surface area contributed by atoms with Crippen molar-refractivity contribution in [2.45, 2.75) is 45.8 Å². The normalized spacial score (nSPS) is 13.1. The van der Waals surface area contributed by atoms with Crippen molar-refractivity contribution in [3.63, 3.8) is 0 Å². The summed E-state index contributed by atoms with van der Waals surface area (Å²) in [4.78, 5) is 22.8. The maximum Gasteiger partial charge on any atom is 0.410 e. The molecule has 16 heavy (non-hydrogen) atoms. The second kappa shape index (κ2) is 5.67. The van der Waals surface area contributed by atoms with Crippen LogP contribution in [-0.2, 0) is 4.74 Å². The summed E-state index contributed by atoms with van der Waals surface area (Å²) in [7, 11) is 1.58. The van der Waals surface area contributed by atoms with E-state index in [9.17, 15) is 14.9 Å². The molecule has 0 spiro atoms. The Kier molecular flexibility index (Phi) is 5.20. The third kappa shape index (κ3) is 6.21. The highest BCUT2D eigenvalue weighted by molar-refractivity contribution is 5.68. The molecule has 0 fully saturated rings. The number of rotatable bonds is 4. The highest BCUT2D eigenvalue weighted by Crippen LogP contribution is 2.11. The van der Waals surface area contributed by atoms with Crippen LogP contribution < -0.4 is 0 Å². The predicted molar refractivity (Wildman–Crippen MR) is 59.9 cm³/mol. The molecule has 0 aliphatic rings. The van der Waals surface area contributed by atoms with Crippen LogP contribution in [0.5, 0.6) is 0 Å². The fraction of sp³-hybridized carbons (Fsp3) is 0.900. The van der Waals surface area contributed by atoms with Crippen molar-refractivity contribution < 1.29 is 14.5 Å². The van der Waals surface area contributed by atoms with E-state index >= 15 is 0 Å². The number of hydrogen-bond donors (Lipinski definition) is 0. The van der Waals surface area contributed by atoms with Crippen LogP contribution in [0.3, 0.4) is 0 Å². The summed E-state index contributed by atoms with van der Waals surface area (Å²) in [6, 6.07) is -0.208. The van der Waals surface area contributed by atoms with E-state index in [2.05, 4.69) is 0 Å². The first-order valence-electron chi connectivity index (χ1n) is 5.21. The van der Waals surface area contributed by atoms with Crippen LogP contribution in [0.25, 0.3) is 0 Å². The SMILES string of the molecule is CC(CC[N+](=O)[O-])N(C)C(=O)OC(C)(C)C. The van der Waals surface area contributed by atoms with Gasteiger partial charge in [0.15, 0.2) is 0 Å². The fourth-order valence-corrected chi connectivity index (χ4v) is 1.000. The lowest BCUT2D eigenvalue weighted by Crippen LogP contribution is -2.40. The molecule has 0 aliphatic heterocycles. The van der Waals surface area contributed by atoms with E-state index in [1.807, 2.05) is 0 Å². The third-order valence-electron chi connectivity index (χ3n) is 2.07. The number of nitrogens with zero attached hydrogens (tertiary/aromatic N) is 2. The number of amides is 1. The molecular formula is C10H20N2O4. The molecule has 0 rings (SSSR count). The van der Waals surface area contributed by atoms with E-state index in [1.165, 1.54) is 4.90 Å². The van der Waals surface area contributed by atoms with Gasteiger partial charge in [0, 0.05) is 24.4 Å². The lowest BCUT2D eigenvalue weighted by atomic mass is 10.2. The summed E-state index contributed by atoms with van der Waals surface area (Å²) in [5, 5.41) is 10.2. The standard InChI is InChI=1S/C10H20N2O4/c1-8(6-7-12(14)15)11(5)9(13)16-10(2,3)4/h8H,6-7H2,1-5H3. The maximum atomic E-state index is 11.6. The van der Waals surface area contributed by atoms with Gasteiger partial charge >= 0.3 is 6.09 Å². The van der Waals surface area contributed by atoms with Crippen LogP contribution in [0, 0.1) is 10.1 Å². The van der Waals surface area contributed by atoms with Gasteiger partial charge in [-0.1, -0.05) is 0 Å². The number of nitro groups is 1. The van der Waals surface area contributed by atoms with Gasteiger partial charge in [-0.05, 0) is 27.7 Å². The highest BCUT2D eigenvalue weighted by atomic mass is 16.6. The molecule has 1 atom stereocenters. The predicted octanol–water partition coefficient (Wildman–Crippen LogP) is 1.91. The molecule has 0 bridgehead atoms. The molecule has 0 saturated heterocycles. The van der Waals surface area contributed by atoms with Crippen LogP contribution in [0.1, 0.15) is 34.1 Å². The van der Waals surface area contributed by atoms with Gasteiger partial charge in [-0.15, -0.1) is 0 Å². The zero-order valence-electron chi connectivity index (χ0n) is 10.5. The van der Waals surface area contributed by atoms with E-state index in [0.717, 1.165) is 0 Å². The van der Waals surface area contributed by atoms with Crippen molar-refractivity contribution in [3.8, 4) is 0 Å². The van der Waals surface area contributed by atoms with Crippen LogP contribution in [0.4, 0.5) is 4.79 Å². The van der Waals surface area contributed by atoms with Crippen molar-refractivity contribution in [3.05, 3.63) is 10.1 Å². The smallest absolute Gasteiger partial charge is 0.410 e. The number of ether oxygens (including phenoxy) is 1. The molecule has 94 valence electrons. The Morgan fingerprint density at radius 1 is 1.50 bits per heavy atom. The fourth-order valence-electron chi connectivity index (χ4n) is 1.000. The quantitative estimate of drug-likeness (QED) is 0.548. The Morgan fingerprint density at radius 3 is 2.38 bits per heavy atom. The van der Waals surface area contributed by atoms with Crippen LogP contribution in [0.15, 0.2) is 0 Å². The zero-order valence-corrected chi connectivity index (χ0v) is 10.5. The lowest BCUT2D eigenvalue weighted by Gasteiger charge is -2.28. The molecule has 0 saturated carbocycles. The minimum absolute atomic E-state index is 0.145. The monoisotopic (exact) mass is 232 g/mol. The van der Waals surface area contributed by atoms with Crippen molar-refractivity contribution in [1.82, 2.24) is 4.90 Å². The number of hydrogen-bond acceptors (Lipinski definition) is 4. The van der Waals surface area contributed by atoms with E-state index in [4.69, 9.17) is 4.74 Å². The average Bonchev–Trinajstić information content (AvgIpc) is 2.10. The Bertz CT molecular complexity index is 260. The minimum atomic E-state index is -0.547. The van der Waals surface area contributed by atoms with Gasteiger partial charge in [0.05, 0.1) is 0 Å². The highest BCUT2D eigenvalue weighted by Gasteiger charge is 2.23. The van der Waals surface area contributed by atoms with Gasteiger partial charge in [-0.3, -0.25) is 10.1 Å². The Hall–Kier alpha value is -1.33. The van der Waals surface area contributed by atoms with Crippen molar-refractivity contribution >= 4 is 6.09 Å². The van der Waals surface area contributed by atoms with E-state index in [0.29, 0.717) is 6.42 Å². The average molecular weight is 232 g/mol. The van der Waals surface area contributed by atoms with Gasteiger partial charge in [0.1, 0.15) is 5.60 Å². The topological polar surface area (TPSA) is 72.7 Å². The van der Waals surface area contributed by atoms with Gasteiger partial charge in [0.2, 0.25) is 6.54 Å². The van der Waals surface area contributed by atoms with Gasteiger partial charge < -0.3 is 9.64 Å². The number of carbonyl (C=O) groups is 1. The molecule has 0 aromatic rings. The first-order valence-corrected chi connectivity index (χ1v) is 5.21. The first kappa shape index (κ1) is 14.7. The molecule has 0 heterocycles. The molecule has 6 heteroatoms. The number of carbonyl (C=O) groups excluding carboxylic acids is 1. The van der Waals surface area contributed by atoms with Crippen LogP contribution in [0.2, 0.25) is 0 Å². The Labute approximate surface area is 95.7 Å². The Morgan fingerprint density at radius 2 is 2.00 bits per heavy atom. The summed E-state index contributed by atoms with van der Waals surface area (Å²) in [6.07, 6.45) is -0.133. The maximum absolute atomic E-state index is 11.6. The second-order valence-corrected chi connectivity index (χ2v) is 4.79. The molecule has 1 unspecified atom stereocenters. The molecule has 0 N–H and O–H groups in total. The summed E-state index contributed by atoms with van der Waals surface area (Å²) >= 11 is 0. The van der Waals surface area contributed by atoms with Crippen molar-refractivity contribution in [2.24, 2.45) is 0 Å². The minimum Gasteiger partial charge on any atom is -0.444 e. The molecule has 0 aliphatic carbocycles. The summed E-state index contributed by atoms with van der Waals surface area (Å²) in [5.74, 6) is 0. The molecule has 0 aromatic heterocycles. The van der Waals surface area contributed by atoms with Gasteiger partial charge in [0.25, 0.3) is 0 Å². The molecular weight excluding hydrogens is 212 g/mol.